The van der Waals surface area contributed by atoms with Gasteiger partial charge in [0.1, 0.15) is 12.4 Å². The van der Waals surface area contributed by atoms with Crippen LogP contribution in [0, 0.1) is 0 Å². The highest BCUT2D eigenvalue weighted by Gasteiger charge is 2.27. The maximum atomic E-state index is 11.7. The van der Waals surface area contributed by atoms with Crippen LogP contribution in [0.25, 0.3) is 0 Å². The Morgan fingerprint density at radius 3 is 2.32 bits per heavy atom. The Morgan fingerprint density at radius 2 is 1.79 bits per heavy atom. The van der Waals surface area contributed by atoms with E-state index in [9.17, 15) is 21.6 Å². The molecule has 0 bridgehead atoms. The number of hydrogen-bond donors (Lipinski definition) is 2. The Labute approximate surface area is 108 Å². The van der Waals surface area contributed by atoms with Gasteiger partial charge in [-0.3, -0.25) is 0 Å². The Kier molecular flexibility index (Phi) is 5.15. The molecule has 1 aromatic rings. The molecular formula is C10H12F3NO4S. The number of benzene rings is 1. The first-order chi connectivity index (χ1) is 8.71. The van der Waals surface area contributed by atoms with Crippen LogP contribution in [0.3, 0.4) is 0 Å². The fourth-order valence-electron chi connectivity index (χ4n) is 1.14. The van der Waals surface area contributed by atoms with Crippen molar-refractivity contribution in [3.63, 3.8) is 0 Å². The summed E-state index contributed by atoms with van der Waals surface area (Å²) in [7, 11) is -3.82. The Hall–Kier alpha value is -1.32. The van der Waals surface area contributed by atoms with Gasteiger partial charge in [-0.25, -0.2) is 13.1 Å². The van der Waals surface area contributed by atoms with Crippen LogP contribution < -0.4 is 4.72 Å². The smallest absolute Gasteiger partial charge is 0.411 e. The molecule has 0 amide bonds. The summed E-state index contributed by atoms with van der Waals surface area (Å²) in [4.78, 5) is -0.0962. The summed E-state index contributed by atoms with van der Waals surface area (Å²) >= 11 is 0. The summed E-state index contributed by atoms with van der Waals surface area (Å²) in [6.45, 7) is -2.09. The van der Waals surface area contributed by atoms with Crippen LogP contribution in [0.4, 0.5) is 13.2 Å². The fourth-order valence-corrected chi connectivity index (χ4v) is 2.16. The molecule has 0 aliphatic heterocycles. The van der Waals surface area contributed by atoms with Gasteiger partial charge in [-0.2, -0.15) is 13.2 Å². The molecule has 0 fully saturated rings. The molecule has 19 heavy (non-hydrogen) atoms. The minimum absolute atomic E-state index is 0.0903. The predicted molar refractivity (Wildman–Crippen MR) is 60.2 cm³/mol. The average Bonchev–Trinajstić information content (AvgIpc) is 2.27. The molecule has 0 radical (unpaired) electrons. The second kappa shape index (κ2) is 6.22. The lowest BCUT2D eigenvalue weighted by molar-refractivity contribution is -0.173. The van der Waals surface area contributed by atoms with Crippen LogP contribution in [0.2, 0.25) is 0 Å². The van der Waals surface area contributed by atoms with Gasteiger partial charge in [-0.05, 0) is 24.3 Å². The molecule has 9 heteroatoms. The number of halogens is 3. The van der Waals surface area contributed by atoms with Crippen molar-refractivity contribution in [2.75, 3.05) is 19.8 Å². The van der Waals surface area contributed by atoms with Gasteiger partial charge in [0, 0.05) is 6.54 Å². The maximum absolute atomic E-state index is 11.7. The normalized spacial score (nSPS) is 12.6. The van der Waals surface area contributed by atoms with E-state index in [1.807, 2.05) is 0 Å². The number of hydrogen-bond acceptors (Lipinski definition) is 4. The second-order valence-corrected chi connectivity index (χ2v) is 5.33. The lowest BCUT2D eigenvalue weighted by atomic mass is 10.3. The predicted octanol–water partition coefficient (Wildman–Crippen LogP) is 1.25. The molecule has 1 aromatic carbocycles. The minimum Gasteiger partial charge on any atom is -0.508 e. The van der Waals surface area contributed by atoms with E-state index in [4.69, 9.17) is 5.11 Å². The summed E-state index contributed by atoms with van der Waals surface area (Å²) in [6.07, 6.45) is -4.43. The molecule has 0 atom stereocenters. The number of sulfonamides is 1. The summed E-state index contributed by atoms with van der Waals surface area (Å²) in [5, 5.41) is 9.00. The number of phenolic OH excluding ortho intramolecular Hbond substituents is 1. The van der Waals surface area contributed by atoms with Crippen molar-refractivity contribution in [2.45, 2.75) is 11.1 Å². The van der Waals surface area contributed by atoms with Crippen LogP contribution in [-0.2, 0) is 14.8 Å². The van der Waals surface area contributed by atoms with Gasteiger partial charge in [0.2, 0.25) is 10.0 Å². The fraction of sp³-hybridized carbons (Fsp3) is 0.400. The lowest BCUT2D eigenvalue weighted by Gasteiger charge is -2.09. The summed E-state index contributed by atoms with van der Waals surface area (Å²) in [5.74, 6) is -0.0903. The molecule has 2 N–H and O–H groups in total. The van der Waals surface area contributed by atoms with Crippen molar-refractivity contribution in [3.05, 3.63) is 24.3 Å². The molecule has 0 spiro atoms. The SMILES string of the molecule is O=S(=O)(NCCOCC(F)(F)F)c1ccc(O)cc1. The maximum Gasteiger partial charge on any atom is 0.411 e. The first kappa shape index (κ1) is 15.7. The highest BCUT2D eigenvalue weighted by molar-refractivity contribution is 7.89. The van der Waals surface area contributed by atoms with Gasteiger partial charge in [0.05, 0.1) is 11.5 Å². The number of ether oxygens (including phenoxy) is 1. The van der Waals surface area contributed by atoms with E-state index >= 15 is 0 Å². The Morgan fingerprint density at radius 1 is 1.21 bits per heavy atom. The molecule has 0 aliphatic rings. The zero-order valence-electron chi connectivity index (χ0n) is 9.64. The number of phenols is 1. The molecule has 1 rings (SSSR count). The van der Waals surface area contributed by atoms with Crippen LogP contribution >= 0.6 is 0 Å². The van der Waals surface area contributed by atoms with E-state index in [1.165, 1.54) is 24.3 Å². The largest absolute Gasteiger partial charge is 0.508 e. The molecule has 0 aromatic heterocycles. The van der Waals surface area contributed by atoms with Gasteiger partial charge in [0.25, 0.3) is 0 Å². The standard InChI is InChI=1S/C10H12F3NO4S/c11-10(12,13)7-18-6-5-14-19(16,17)9-3-1-8(15)2-4-9/h1-4,14-15H,5-7H2. The van der Waals surface area contributed by atoms with Crippen LogP contribution in [0.5, 0.6) is 5.75 Å². The second-order valence-electron chi connectivity index (χ2n) is 3.56. The molecule has 0 saturated carbocycles. The lowest BCUT2D eigenvalue weighted by Crippen LogP contribution is -2.29. The van der Waals surface area contributed by atoms with Crippen molar-refractivity contribution < 1.29 is 31.4 Å². The first-order valence-corrected chi connectivity index (χ1v) is 6.62. The van der Waals surface area contributed by atoms with E-state index in [0.717, 1.165) is 0 Å². The van der Waals surface area contributed by atoms with Crippen molar-refractivity contribution in [1.29, 1.82) is 0 Å². The van der Waals surface area contributed by atoms with Gasteiger partial charge < -0.3 is 9.84 Å². The third kappa shape index (κ3) is 5.90. The van der Waals surface area contributed by atoms with Gasteiger partial charge in [-0.15, -0.1) is 0 Å². The molecule has 5 nitrogen and oxygen atoms in total. The van der Waals surface area contributed by atoms with Crippen LogP contribution in [0.15, 0.2) is 29.2 Å². The third-order valence-corrected chi connectivity index (χ3v) is 3.43. The van der Waals surface area contributed by atoms with E-state index in [-0.39, 0.29) is 17.2 Å². The zero-order valence-corrected chi connectivity index (χ0v) is 10.5. The number of aromatic hydroxyl groups is 1. The number of nitrogens with one attached hydrogen (secondary N) is 1. The van der Waals surface area contributed by atoms with Crippen molar-refractivity contribution in [1.82, 2.24) is 4.72 Å². The van der Waals surface area contributed by atoms with E-state index in [1.54, 1.807) is 0 Å². The summed E-state index contributed by atoms with van der Waals surface area (Å²) in [6, 6.07) is 4.73. The molecule has 0 unspecified atom stereocenters. The van der Waals surface area contributed by atoms with Crippen molar-refractivity contribution >= 4 is 10.0 Å². The minimum atomic E-state index is -4.43. The molecule has 108 valence electrons. The van der Waals surface area contributed by atoms with E-state index < -0.39 is 29.4 Å². The molecule has 0 aliphatic carbocycles. The summed E-state index contributed by atoms with van der Waals surface area (Å²) < 4.78 is 64.8. The summed E-state index contributed by atoms with van der Waals surface area (Å²) in [5.41, 5.74) is 0. The highest BCUT2D eigenvalue weighted by Crippen LogP contribution is 2.15. The van der Waals surface area contributed by atoms with Crippen LogP contribution in [0.1, 0.15) is 0 Å². The first-order valence-electron chi connectivity index (χ1n) is 5.14. The van der Waals surface area contributed by atoms with E-state index in [2.05, 4.69) is 9.46 Å². The molecule has 0 heterocycles. The zero-order chi connectivity index (χ0) is 14.5. The molecule has 0 saturated heterocycles. The number of alkyl halides is 3. The quantitative estimate of drug-likeness (QED) is 0.775. The van der Waals surface area contributed by atoms with Gasteiger partial charge in [0.15, 0.2) is 0 Å². The Bertz CT molecular complexity index is 499. The van der Waals surface area contributed by atoms with Gasteiger partial charge >= 0.3 is 6.18 Å². The van der Waals surface area contributed by atoms with Crippen molar-refractivity contribution in [3.8, 4) is 5.75 Å². The van der Waals surface area contributed by atoms with E-state index in [0.29, 0.717) is 0 Å². The monoisotopic (exact) mass is 299 g/mol. The van der Waals surface area contributed by atoms with Crippen molar-refractivity contribution in [2.24, 2.45) is 0 Å². The third-order valence-electron chi connectivity index (χ3n) is 1.95. The highest BCUT2D eigenvalue weighted by atomic mass is 32.2. The topological polar surface area (TPSA) is 75.6 Å². The van der Waals surface area contributed by atoms with Crippen LogP contribution in [-0.4, -0.2) is 39.5 Å². The van der Waals surface area contributed by atoms with Gasteiger partial charge in [-0.1, -0.05) is 0 Å². The Balaban J connectivity index is 2.42. The average molecular weight is 299 g/mol. The molecular weight excluding hydrogens is 287 g/mol. The number of rotatable bonds is 6.